The van der Waals surface area contributed by atoms with E-state index >= 15 is 0 Å². The van der Waals surface area contributed by atoms with Crippen molar-refractivity contribution in [3.63, 3.8) is 0 Å². The minimum absolute atomic E-state index is 0.415. The van der Waals surface area contributed by atoms with E-state index in [9.17, 15) is 5.11 Å². The highest BCUT2D eigenvalue weighted by Crippen LogP contribution is 2.13. The van der Waals surface area contributed by atoms with E-state index in [0.29, 0.717) is 12.8 Å². The molecule has 0 aromatic carbocycles. The molecule has 1 unspecified atom stereocenters. The fourth-order valence-electron chi connectivity index (χ4n) is 1.43. The number of aliphatic hydroxyl groups excluding tert-OH is 1. The molecule has 0 spiro atoms. The van der Waals surface area contributed by atoms with Gasteiger partial charge in [0.15, 0.2) is 0 Å². The number of nitrogens with zero attached hydrogens (tertiary/aromatic N) is 1. The Bertz CT molecular complexity index is 408. The lowest BCUT2D eigenvalue weighted by Gasteiger charge is -2.05. The van der Waals surface area contributed by atoms with Gasteiger partial charge in [-0.3, -0.25) is 0 Å². The highest BCUT2D eigenvalue weighted by atomic mass is 32.1. The molecule has 2 rings (SSSR count). The summed E-state index contributed by atoms with van der Waals surface area (Å²) in [5, 5.41) is 12.8. The standard InChI is InChI=1S/C11H13NO2S/c1-8-7-15-11(12-8)6-9(13)5-10-3-2-4-14-10/h2-4,7,9,13H,5-6H2,1H3. The molecule has 0 aliphatic carbocycles. The van der Waals surface area contributed by atoms with Crippen molar-refractivity contribution in [1.29, 1.82) is 0 Å². The van der Waals surface area contributed by atoms with E-state index in [2.05, 4.69) is 4.98 Å². The normalized spacial score (nSPS) is 12.9. The van der Waals surface area contributed by atoms with Crippen LogP contribution in [0.2, 0.25) is 0 Å². The number of aryl methyl sites for hydroxylation is 1. The highest BCUT2D eigenvalue weighted by molar-refractivity contribution is 7.09. The van der Waals surface area contributed by atoms with Crippen molar-refractivity contribution in [3.05, 3.63) is 40.2 Å². The van der Waals surface area contributed by atoms with E-state index in [1.807, 2.05) is 24.4 Å². The number of furan rings is 1. The Kier molecular flexibility index (Phi) is 3.18. The van der Waals surface area contributed by atoms with Crippen LogP contribution in [0.15, 0.2) is 28.2 Å². The minimum atomic E-state index is -0.415. The van der Waals surface area contributed by atoms with Gasteiger partial charge in [-0.05, 0) is 19.1 Å². The van der Waals surface area contributed by atoms with E-state index in [0.717, 1.165) is 16.5 Å². The lowest BCUT2D eigenvalue weighted by atomic mass is 10.1. The van der Waals surface area contributed by atoms with Gasteiger partial charge >= 0.3 is 0 Å². The number of aromatic nitrogens is 1. The van der Waals surface area contributed by atoms with Gasteiger partial charge in [-0.25, -0.2) is 4.98 Å². The second-order valence-electron chi connectivity index (χ2n) is 3.52. The van der Waals surface area contributed by atoms with Crippen molar-refractivity contribution < 1.29 is 9.52 Å². The molecule has 15 heavy (non-hydrogen) atoms. The van der Waals surface area contributed by atoms with E-state index < -0.39 is 6.10 Å². The van der Waals surface area contributed by atoms with Crippen molar-refractivity contribution in [1.82, 2.24) is 4.98 Å². The SMILES string of the molecule is Cc1csc(CC(O)Cc2ccco2)n1. The molecule has 0 aliphatic heterocycles. The van der Waals surface area contributed by atoms with Gasteiger partial charge in [-0.15, -0.1) is 11.3 Å². The molecule has 0 radical (unpaired) electrons. The molecule has 4 heteroatoms. The second kappa shape index (κ2) is 4.59. The van der Waals surface area contributed by atoms with Crippen LogP contribution in [-0.2, 0) is 12.8 Å². The van der Waals surface area contributed by atoms with Crippen LogP contribution in [-0.4, -0.2) is 16.2 Å². The monoisotopic (exact) mass is 223 g/mol. The molecule has 0 amide bonds. The molecular weight excluding hydrogens is 210 g/mol. The van der Waals surface area contributed by atoms with Crippen LogP contribution in [0.3, 0.4) is 0 Å². The number of aliphatic hydroxyl groups is 1. The number of hydrogen-bond donors (Lipinski definition) is 1. The van der Waals surface area contributed by atoms with Crippen LogP contribution in [0.5, 0.6) is 0 Å². The Morgan fingerprint density at radius 2 is 2.40 bits per heavy atom. The van der Waals surface area contributed by atoms with Crippen LogP contribution in [0, 0.1) is 6.92 Å². The molecule has 0 saturated carbocycles. The fraction of sp³-hybridized carbons (Fsp3) is 0.364. The summed E-state index contributed by atoms with van der Waals surface area (Å²) in [4.78, 5) is 4.31. The quantitative estimate of drug-likeness (QED) is 0.864. The summed E-state index contributed by atoms with van der Waals surface area (Å²) in [7, 11) is 0. The van der Waals surface area contributed by atoms with Crippen molar-refractivity contribution >= 4 is 11.3 Å². The molecule has 0 aliphatic rings. The number of thiazole rings is 1. The average molecular weight is 223 g/mol. The lowest BCUT2D eigenvalue weighted by Crippen LogP contribution is -2.13. The summed E-state index contributed by atoms with van der Waals surface area (Å²) in [5.74, 6) is 0.816. The first kappa shape index (κ1) is 10.4. The Balaban J connectivity index is 1.90. The first-order valence-corrected chi connectivity index (χ1v) is 5.73. The zero-order valence-corrected chi connectivity index (χ0v) is 9.33. The number of rotatable bonds is 4. The maximum Gasteiger partial charge on any atom is 0.106 e. The van der Waals surface area contributed by atoms with Crippen molar-refractivity contribution in [2.75, 3.05) is 0 Å². The maximum atomic E-state index is 9.79. The van der Waals surface area contributed by atoms with Gasteiger partial charge in [0.1, 0.15) is 5.76 Å². The molecule has 2 aromatic rings. The molecule has 0 saturated heterocycles. The smallest absolute Gasteiger partial charge is 0.106 e. The molecule has 0 bridgehead atoms. The van der Waals surface area contributed by atoms with Crippen LogP contribution >= 0.6 is 11.3 Å². The Morgan fingerprint density at radius 3 is 3.00 bits per heavy atom. The first-order valence-electron chi connectivity index (χ1n) is 4.85. The Morgan fingerprint density at radius 1 is 1.53 bits per heavy atom. The van der Waals surface area contributed by atoms with Crippen molar-refractivity contribution in [2.24, 2.45) is 0 Å². The Labute approximate surface area is 92.4 Å². The third-order valence-corrected chi connectivity index (χ3v) is 3.08. The molecule has 0 fully saturated rings. The average Bonchev–Trinajstić information content (AvgIpc) is 2.77. The van der Waals surface area contributed by atoms with Gasteiger partial charge in [0.2, 0.25) is 0 Å². The molecule has 2 heterocycles. The lowest BCUT2D eigenvalue weighted by molar-refractivity contribution is 0.167. The topological polar surface area (TPSA) is 46.3 Å². The van der Waals surface area contributed by atoms with Crippen molar-refractivity contribution in [3.8, 4) is 0 Å². The van der Waals surface area contributed by atoms with Crippen LogP contribution in [0.25, 0.3) is 0 Å². The van der Waals surface area contributed by atoms with E-state index in [1.165, 1.54) is 0 Å². The highest BCUT2D eigenvalue weighted by Gasteiger charge is 2.10. The van der Waals surface area contributed by atoms with Crippen molar-refractivity contribution in [2.45, 2.75) is 25.9 Å². The summed E-state index contributed by atoms with van der Waals surface area (Å²) in [6, 6.07) is 3.70. The maximum absolute atomic E-state index is 9.79. The van der Waals surface area contributed by atoms with Gasteiger partial charge in [0.25, 0.3) is 0 Å². The molecular formula is C11H13NO2S. The van der Waals surface area contributed by atoms with E-state index in [1.54, 1.807) is 17.6 Å². The van der Waals surface area contributed by atoms with Gasteiger partial charge in [-0.1, -0.05) is 0 Å². The summed E-state index contributed by atoms with van der Waals surface area (Å²) >= 11 is 1.59. The predicted octanol–water partition coefficient (Wildman–Crippen LogP) is 2.19. The summed E-state index contributed by atoms with van der Waals surface area (Å²) < 4.78 is 5.17. The van der Waals surface area contributed by atoms with E-state index in [4.69, 9.17) is 4.42 Å². The molecule has 1 N–H and O–H groups in total. The van der Waals surface area contributed by atoms with Gasteiger partial charge in [0.05, 0.1) is 17.4 Å². The summed E-state index contributed by atoms with van der Waals surface area (Å²) in [5.41, 5.74) is 1.01. The van der Waals surface area contributed by atoms with Gasteiger partial charge in [-0.2, -0.15) is 0 Å². The molecule has 80 valence electrons. The minimum Gasteiger partial charge on any atom is -0.469 e. The zero-order valence-electron chi connectivity index (χ0n) is 8.51. The summed E-state index contributed by atoms with van der Waals surface area (Å²) in [6.07, 6.45) is 2.35. The molecule has 1 atom stereocenters. The van der Waals surface area contributed by atoms with E-state index in [-0.39, 0.29) is 0 Å². The van der Waals surface area contributed by atoms with Gasteiger partial charge < -0.3 is 9.52 Å². The predicted molar refractivity (Wildman–Crippen MR) is 59.0 cm³/mol. The third kappa shape index (κ3) is 2.91. The van der Waals surface area contributed by atoms with Crippen LogP contribution < -0.4 is 0 Å². The number of hydrogen-bond acceptors (Lipinski definition) is 4. The zero-order chi connectivity index (χ0) is 10.7. The Hall–Kier alpha value is -1.13. The van der Waals surface area contributed by atoms with Gasteiger partial charge in [0, 0.05) is 23.9 Å². The first-order chi connectivity index (χ1) is 7.24. The molecule has 3 nitrogen and oxygen atoms in total. The fourth-order valence-corrected chi connectivity index (χ4v) is 2.28. The largest absolute Gasteiger partial charge is 0.469 e. The molecule has 2 aromatic heterocycles. The van der Waals surface area contributed by atoms with Crippen LogP contribution in [0.1, 0.15) is 16.5 Å². The summed E-state index contributed by atoms with van der Waals surface area (Å²) in [6.45, 7) is 1.96. The van der Waals surface area contributed by atoms with Crippen LogP contribution in [0.4, 0.5) is 0 Å². The third-order valence-electron chi connectivity index (χ3n) is 2.09. The second-order valence-corrected chi connectivity index (χ2v) is 4.47.